The molecule has 0 spiro atoms. The van der Waals surface area contributed by atoms with Gasteiger partial charge in [0.2, 0.25) is 5.91 Å². The highest BCUT2D eigenvalue weighted by Crippen LogP contribution is 2.12. The van der Waals surface area contributed by atoms with Crippen molar-refractivity contribution in [3.8, 4) is 0 Å². The van der Waals surface area contributed by atoms with Crippen LogP contribution in [0.5, 0.6) is 0 Å². The summed E-state index contributed by atoms with van der Waals surface area (Å²) in [5, 5.41) is 5.52. The van der Waals surface area contributed by atoms with Crippen molar-refractivity contribution in [2.24, 2.45) is 7.05 Å². The van der Waals surface area contributed by atoms with E-state index < -0.39 is 0 Å². The summed E-state index contributed by atoms with van der Waals surface area (Å²) in [5.41, 5.74) is 1.13. The van der Waals surface area contributed by atoms with Gasteiger partial charge in [0, 0.05) is 45.7 Å². The van der Waals surface area contributed by atoms with Crippen LogP contribution in [0.3, 0.4) is 0 Å². The normalized spacial score (nSPS) is 10.4. The number of hydrogen-bond donors (Lipinski definition) is 2. The summed E-state index contributed by atoms with van der Waals surface area (Å²) in [5.74, 6) is -0.312. The van der Waals surface area contributed by atoms with E-state index in [9.17, 15) is 9.59 Å². The van der Waals surface area contributed by atoms with E-state index in [1.54, 1.807) is 36.4 Å². The van der Waals surface area contributed by atoms with Gasteiger partial charge in [0.25, 0.3) is 5.91 Å². The fraction of sp³-hybridized carbons (Fsp3) is 0.357. The number of anilines is 1. The van der Waals surface area contributed by atoms with E-state index >= 15 is 0 Å². The molecule has 0 aromatic carbocycles. The quantitative estimate of drug-likeness (QED) is 0.778. The standard InChI is InChI=1S/C14H19N5O2/c1-11(20)17-12-8-13(18(2)9-12)14(21)16-4-3-6-19-7-5-15-10-19/h5,7-10H,3-4,6H2,1-2H3,(H,16,21)(H,17,20). The molecule has 0 fully saturated rings. The Bertz CT molecular complexity index is 615. The number of hydrogen-bond acceptors (Lipinski definition) is 3. The minimum absolute atomic E-state index is 0.153. The third-order valence-electron chi connectivity index (χ3n) is 3.00. The van der Waals surface area contributed by atoms with Crippen LogP contribution < -0.4 is 10.6 Å². The van der Waals surface area contributed by atoms with Crippen LogP contribution in [-0.4, -0.2) is 32.5 Å². The predicted octanol–water partition coefficient (Wildman–Crippen LogP) is 1.00. The van der Waals surface area contributed by atoms with Gasteiger partial charge in [-0.25, -0.2) is 4.98 Å². The second-order valence-electron chi connectivity index (χ2n) is 4.82. The molecular formula is C14H19N5O2. The van der Waals surface area contributed by atoms with Crippen LogP contribution in [0.25, 0.3) is 0 Å². The molecule has 21 heavy (non-hydrogen) atoms. The molecule has 0 radical (unpaired) electrons. The monoisotopic (exact) mass is 289 g/mol. The topological polar surface area (TPSA) is 81.0 Å². The van der Waals surface area contributed by atoms with E-state index in [2.05, 4.69) is 15.6 Å². The first-order valence-electron chi connectivity index (χ1n) is 6.74. The molecule has 2 aromatic rings. The lowest BCUT2D eigenvalue weighted by molar-refractivity contribution is -0.114. The van der Waals surface area contributed by atoms with Gasteiger partial charge in [-0.15, -0.1) is 0 Å². The number of carbonyl (C=O) groups excluding carboxylic acids is 2. The Balaban J connectivity index is 1.82. The van der Waals surface area contributed by atoms with Gasteiger partial charge in [-0.05, 0) is 12.5 Å². The lowest BCUT2D eigenvalue weighted by atomic mass is 10.3. The van der Waals surface area contributed by atoms with Crippen molar-refractivity contribution in [1.82, 2.24) is 19.4 Å². The first-order chi connectivity index (χ1) is 10.1. The van der Waals surface area contributed by atoms with Crippen LogP contribution in [-0.2, 0) is 18.4 Å². The molecule has 2 N–H and O–H groups in total. The second-order valence-corrected chi connectivity index (χ2v) is 4.82. The van der Waals surface area contributed by atoms with Crippen molar-refractivity contribution in [3.05, 3.63) is 36.7 Å². The first-order valence-corrected chi connectivity index (χ1v) is 6.74. The molecule has 2 amide bonds. The Hall–Kier alpha value is -2.57. The summed E-state index contributed by atoms with van der Waals surface area (Å²) in [7, 11) is 1.77. The SMILES string of the molecule is CC(=O)Nc1cc(C(=O)NCCCn2ccnc2)n(C)c1. The van der Waals surface area contributed by atoms with Crippen LogP contribution >= 0.6 is 0 Å². The number of aryl methyl sites for hydroxylation is 2. The maximum Gasteiger partial charge on any atom is 0.267 e. The average molecular weight is 289 g/mol. The van der Waals surface area contributed by atoms with E-state index in [0.29, 0.717) is 17.9 Å². The Morgan fingerprint density at radius 1 is 1.38 bits per heavy atom. The van der Waals surface area contributed by atoms with Crippen LogP contribution in [0.1, 0.15) is 23.8 Å². The number of aromatic nitrogens is 3. The van der Waals surface area contributed by atoms with Crippen molar-refractivity contribution in [1.29, 1.82) is 0 Å². The molecule has 2 aromatic heterocycles. The average Bonchev–Trinajstić information content (AvgIpc) is 3.03. The summed E-state index contributed by atoms with van der Waals surface area (Å²) in [6, 6.07) is 1.66. The molecule has 2 rings (SSSR count). The van der Waals surface area contributed by atoms with E-state index in [0.717, 1.165) is 13.0 Å². The molecule has 0 aliphatic heterocycles. The predicted molar refractivity (Wildman–Crippen MR) is 78.9 cm³/mol. The largest absolute Gasteiger partial charge is 0.351 e. The fourth-order valence-electron chi connectivity index (χ4n) is 2.04. The van der Waals surface area contributed by atoms with Gasteiger partial charge in [-0.1, -0.05) is 0 Å². The summed E-state index contributed by atoms with van der Waals surface area (Å²) in [6.07, 6.45) is 7.90. The molecule has 0 bridgehead atoms. The second kappa shape index (κ2) is 6.74. The third kappa shape index (κ3) is 4.20. The highest BCUT2D eigenvalue weighted by molar-refractivity contribution is 5.96. The minimum Gasteiger partial charge on any atom is -0.351 e. The first kappa shape index (κ1) is 14.8. The summed E-state index contributed by atoms with van der Waals surface area (Å²) >= 11 is 0. The molecule has 7 nitrogen and oxygen atoms in total. The molecule has 0 saturated carbocycles. The minimum atomic E-state index is -0.159. The van der Waals surface area contributed by atoms with Crippen LogP contribution in [0.4, 0.5) is 5.69 Å². The third-order valence-corrected chi connectivity index (χ3v) is 3.00. The zero-order chi connectivity index (χ0) is 15.2. The molecule has 0 aliphatic carbocycles. The molecular weight excluding hydrogens is 270 g/mol. The van der Waals surface area contributed by atoms with Gasteiger partial charge >= 0.3 is 0 Å². The zero-order valence-corrected chi connectivity index (χ0v) is 12.2. The maximum absolute atomic E-state index is 12.1. The number of nitrogens with zero attached hydrogens (tertiary/aromatic N) is 3. The smallest absolute Gasteiger partial charge is 0.267 e. The zero-order valence-electron chi connectivity index (χ0n) is 12.2. The van der Waals surface area contributed by atoms with E-state index in [4.69, 9.17) is 0 Å². The molecule has 0 unspecified atom stereocenters. The van der Waals surface area contributed by atoms with Gasteiger partial charge < -0.3 is 19.8 Å². The van der Waals surface area contributed by atoms with Crippen LogP contribution in [0, 0.1) is 0 Å². The highest BCUT2D eigenvalue weighted by Gasteiger charge is 2.11. The lowest BCUT2D eigenvalue weighted by Gasteiger charge is -2.06. The number of rotatable bonds is 6. The van der Waals surface area contributed by atoms with E-state index in [-0.39, 0.29) is 11.8 Å². The maximum atomic E-state index is 12.1. The molecule has 2 heterocycles. The van der Waals surface area contributed by atoms with Gasteiger partial charge in [0.15, 0.2) is 0 Å². The number of carbonyl (C=O) groups is 2. The van der Waals surface area contributed by atoms with Crippen molar-refractivity contribution < 1.29 is 9.59 Å². The Labute approximate surface area is 123 Å². The molecule has 112 valence electrons. The Morgan fingerprint density at radius 2 is 2.19 bits per heavy atom. The number of amides is 2. The van der Waals surface area contributed by atoms with Crippen LogP contribution in [0.15, 0.2) is 31.0 Å². The van der Waals surface area contributed by atoms with Crippen molar-refractivity contribution in [2.45, 2.75) is 19.9 Å². The summed E-state index contributed by atoms with van der Waals surface area (Å²) in [6.45, 7) is 2.82. The number of nitrogens with one attached hydrogen (secondary N) is 2. The van der Waals surface area contributed by atoms with Gasteiger partial charge in [0.05, 0.1) is 12.0 Å². The van der Waals surface area contributed by atoms with Gasteiger partial charge in [0.1, 0.15) is 5.69 Å². The Morgan fingerprint density at radius 3 is 2.86 bits per heavy atom. The Kier molecular flexibility index (Phi) is 4.76. The highest BCUT2D eigenvalue weighted by atomic mass is 16.2. The summed E-state index contributed by atoms with van der Waals surface area (Å²) < 4.78 is 3.65. The van der Waals surface area contributed by atoms with Crippen molar-refractivity contribution >= 4 is 17.5 Å². The van der Waals surface area contributed by atoms with Gasteiger partial charge in [-0.3, -0.25) is 9.59 Å². The van der Waals surface area contributed by atoms with E-state index in [1.807, 2.05) is 10.8 Å². The fourth-order valence-corrected chi connectivity index (χ4v) is 2.04. The molecule has 0 saturated heterocycles. The number of imidazole rings is 1. The van der Waals surface area contributed by atoms with Crippen LogP contribution in [0.2, 0.25) is 0 Å². The van der Waals surface area contributed by atoms with Crippen molar-refractivity contribution in [3.63, 3.8) is 0 Å². The molecule has 0 aliphatic rings. The molecule has 7 heteroatoms. The summed E-state index contributed by atoms with van der Waals surface area (Å²) in [4.78, 5) is 27.0. The molecule has 0 atom stereocenters. The van der Waals surface area contributed by atoms with Crippen molar-refractivity contribution in [2.75, 3.05) is 11.9 Å². The van der Waals surface area contributed by atoms with Gasteiger partial charge in [-0.2, -0.15) is 0 Å². The lowest BCUT2D eigenvalue weighted by Crippen LogP contribution is -2.26. The van der Waals surface area contributed by atoms with E-state index in [1.165, 1.54) is 6.92 Å².